The van der Waals surface area contributed by atoms with Crippen molar-refractivity contribution in [2.45, 2.75) is 39.0 Å². The first-order valence-corrected chi connectivity index (χ1v) is 7.64. The molecule has 0 saturated heterocycles. The molecule has 0 amide bonds. The maximum Gasteiger partial charge on any atom is 0.323 e. The second-order valence-electron chi connectivity index (χ2n) is 5.87. The Balaban J connectivity index is 1.59. The number of rotatable bonds is 8. The van der Waals surface area contributed by atoms with Crippen molar-refractivity contribution in [3.8, 4) is 6.01 Å². The normalized spacial score (nSPS) is 18.3. The first-order valence-electron chi connectivity index (χ1n) is 7.64. The summed E-state index contributed by atoms with van der Waals surface area (Å²) in [6.45, 7) is 3.57. The molecular formula is C14H23N5O. The van der Waals surface area contributed by atoms with Crippen LogP contribution in [0.4, 0.5) is 11.9 Å². The van der Waals surface area contributed by atoms with Gasteiger partial charge in [0.15, 0.2) is 0 Å². The smallest absolute Gasteiger partial charge is 0.323 e. The molecule has 0 spiro atoms. The molecule has 1 aromatic heterocycles. The van der Waals surface area contributed by atoms with E-state index in [1.54, 1.807) is 0 Å². The van der Waals surface area contributed by atoms with Crippen molar-refractivity contribution in [1.82, 2.24) is 15.0 Å². The van der Waals surface area contributed by atoms with Gasteiger partial charge in [-0.05, 0) is 49.9 Å². The van der Waals surface area contributed by atoms with Crippen LogP contribution in [0.3, 0.4) is 0 Å². The minimum absolute atomic E-state index is 0.211. The van der Waals surface area contributed by atoms with E-state index in [0.29, 0.717) is 18.6 Å². The van der Waals surface area contributed by atoms with Gasteiger partial charge in [-0.3, -0.25) is 0 Å². The van der Waals surface area contributed by atoms with Gasteiger partial charge in [0.2, 0.25) is 11.9 Å². The number of anilines is 2. The van der Waals surface area contributed by atoms with Crippen molar-refractivity contribution in [1.29, 1.82) is 0 Å². The molecule has 3 rings (SSSR count). The van der Waals surface area contributed by atoms with Gasteiger partial charge in [-0.1, -0.05) is 6.92 Å². The van der Waals surface area contributed by atoms with E-state index in [1.165, 1.54) is 25.7 Å². The Morgan fingerprint density at radius 1 is 1.20 bits per heavy atom. The second-order valence-corrected chi connectivity index (χ2v) is 5.87. The highest BCUT2D eigenvalue weighted by Gasteiger charge is 2.41. The fourth-order valence-corrected chi connectivity index (χ4v) is 2.69. The molecule has 0 atom stereocenters. The van der Waals surface area contributed by atoms with Gasteiger partial charge in [0, 0.05) is 6.54 Å². The maximum atomic E-state index is 5.70. The van der Waals surface area contributed by atoms with Gasteiger partial charge in [-0.15, -0.1) is 0 Å². The molecule has 0 aliphatic heterocycles. The quantitative estimate of drug-likeness (QED) is 0.756. The van der Waals surface area contributed by atoms with Crippen LogP contribution in [0.5, 0.6) is 6.01 Å². The van der Waals surface area contributed by atoms with E-state index in [-0.39, 0.29) is 5.95 Å². The van der Waals surface area contributed by atoms with E-state index < -0.39 is 0 Å². The Labute approximate surface area is 119 Å². The molecule has 2 saturated carbocycles. The molecule has 20 heavy (non-hydrogen) atoms. The van der Waals surface area contributed by atoms with E-state index in [9.17, 15) is 0 Å². The van der Waals surface area contributed by atoms with E-state index >= 15 is 0 Å². The van der Waals surface area contributed by atoms with E-state index in [0.717, 1.165) is 30.7 Å². The number of hydrogen-bond donors (Lipinski definition) is 2. The summed E-state index contributed by atoms with van der Waals surface area (Å²) in [5.41, 5.74) is 5.70. The summed E-state index contributed by atoms with van der Waals surface area (Å²) in [4.78, 5) is 12.4. The summed E-state index contributed by atoms with van der Waals surface area (Å²) in [7, 11) is 0. The molecule has 2 aliphatic rings. The fraction of sp³-hybridized carbons (Fsp3) is 0.786. The summed E-state index contributed by atoms with van der Waals surface area (Å²) >= 11 is 0. The van der Waals surface area contributed by atoms with Crippen molar-refractivity contribution in [3.63, 3.8) is 0 Å². The molecule has 6 nitrogen and oxygen atoms in total. The summed E-state index contributed by atoms with van der Waals surface area (Å²) in [5, 5.41) is 3.32. The molecule has 6 heteroatoms. The summed E-state index contributed by atoms with van der Waals surface area (Å²) in [6.07, 6.45) is 6.44. The van der Waals surface area contributed by atoms with Crippen molar-refractivity contribution < 1.29 is 4.74 Å². The van der Waals surface area contributed by atoms with Crippen molar-refractivity contribution in [2.24, 2.45) is 17.8 Å². The SMILES string of the molecule is CCCOc1nc(N)nc(NCC(C2CC2)C2CC2)n1. The average Bonchev–Trinajstić information content (AvgIpc) is 3.28. The van der Waals surface area contributed by atoms with Crippen molar-refractivity contribution in [2.75, 3.05) is 24.2 Å². The molecule has 3 N–H and O–H groups in total. The Hall–Kier alpha value is -1.59. The van der Waals surface area contributed by atoms with Gasteiger partial charge in [0.25, 0.3) is 0 Å². The monoisotopic (exact) mass is 277 g/mol. The number of aromatic nitrogens is 3. The zero-order chi connectivity index (χ0) is 13.9. The molecule has 0 radical (unpaired) electrons. The minimum atomic E-state index is 0.211. The van der Waals surface area contributed by atoms with Crippen LogP contribution >= 0.6 is 0 Å². The lowest BCUT2D eigenvalue weighted by Gasteiger charge is -2.16. The number of hydrogen-bond acceptors (Lipinski definition) is 6. The predicted octanol–water partition coefficient (Wildman–Crippen LogP) is 2.09. The van der Waals surface area contributed by atoms with Gasteiger partial charge in [0.05, 0.1) is 6.61 Å². The van der Waals surface area contributed by atoms with Gasteiger partial charge in [0.1, 0.15) is 0 Å². The van der Waals surface area contributed by atoms with E-state index in [2.05, 4.69) is 20.3 Å². The van der Waals surface area contributed by atoms with Gasteiger partial charge >= 0.3 is 6.01 Å². The second kappa shape index (κ2) is 5.81. The lowest BCUT2D eigenvalue weighted by atomic mass is 9.98. The van der Waals surface area contributed by atoms with Crippen LogP contribution in [0.1, 0.15) is 39.0 Å². The molecule has 2 aliphatic carbocycles. The van der Waals surface area contributed by atoms with Crippen LogP contribution in [0.15, 0.2) is 0 Å². The summed E-state index contributed by atoms with van der Waals surface area (Å²) < 4.78 is 5.42. The number of nitrogens with zero attached hydrogens (tertiary/aromatic N) is 3. The van der Waals surface area contributed by atoms with Crippen LogP contribution in [0.25, 0.3) is 0 Å². The van der Waals surface area contributed by atoms with Crippen molar-refractivity contribution in [3.05, 3.63) is 0 Å². The number of nitrogens with two attached hydrogens (primary N) is 1. The zero-order valence-corrected chi connectivity index (χ0v) is 12.0. The zero-order valence-electron chi connectivity index (χ0n) is 12.0. The molecule has 2 fully saturated rings. The van der Waals surface area contributed by atoms with Gasteiger partial charge in [-0.2, -0.15) is 15.0 Å². The number of ether oxygens (including phenoxy) is 1. The number of nitrogen functional groups attached to an aromatic ring is 1. The topological polar surface area (TPSA) is 86.0 Å². The highest BCUT2D eigenvalue weighted by molar-refractivity contribution is 5.32. The molecule has 1 aromatic rings. The first-order chi connectivity index (χ1) is 9.76. The fourth-order valence-electron chi connectivity index (χ4n) is 2.69. The predicted molar refractivity (Wildman–Crippen MR) is 77.5 cm³/mol. The molecule has 0 aromatic carbocycles. The molecule has 0 unspecified atom stereocenters. The third-order valence-electron chi connectivity index (χ3n) is 4.02. The number of nitrogens with one attached hydrogen (secondary N) is 1. The molecular weight excluding hydrogens is 254 g/mol. The van der Waals surface area contributed by atoms with Gasteiger partial charge in [-0.25, -0.2) is 0 Å². The lowest BCUT2D eigenvalue weighted by molar-refractivity contribution is 0.292. The summed E-state index contributed by atoms with van der Waals surface area (Å²) in [6, 6.07) is 0.316. The van der Waals surface area contributed by atoms with Crippen LogP contribution < -0.4 is 15.8 Å². The van der Waals surface area contributed by atoms with Crippen LogP contribution in [0.2, 0.25) is 0 Å². The summed E-state index contributed by atoms with van der Waals surface area (Å²) in [5.74, 6) is 3.33. The van der Waals surface area contributed by atoms with Crippen LogP contribution in [-0.2, 0) is 0 Å². The third kappa shape index (κ3) is 3.49. The molecule has 0 bridgehead atoms. The van der Waals surface area contributed by atoms with E-state index in [4.69, 9.17) is 10.5 Å². The lowest BCUT2D eigenvalue weighted by Crippen LogP contribution is -2.20. The highest BCUT2D eigenvalue weighted by atomic mass is 16.5. The molecule has 1 heterocycles. The van der Waals surface area contributed by atoms with Crippen LogP contribution in [-0.4, -0.2) is 28.1 Å². The Morgan fingerprint density at radius 3 is 2.50 bits per heavy atom. The Bertz CT molecular complexity index is 447. The molecule has 110 valence electrons. The highest BCUT2D eigenvalue weighted by Crippen LogP contribution is 2.49. The largest absolute Gasteiger partial charge is 0.463 e. The minimum Gasteiger partial charge on any atom is -0.463 e. The van der Waals surface area contributed by atoms with Crippen molar-refractivity contribution >= 4 is 11.9 Å². The third-order valence-corrected chi connectivity index (χ3v) is 4.02. The van der Waals surface area contributed by atoms with Crippen LogP contribution in [0, 0.1) is 17.8 Å². The Kier molecular flexibility index (Phi) is 3.89. The standard InChI is InChI=1S/C14H23N5O/c1-2-7-20-14-18-12(15)17-13(19-14)16-8-11(9-3-4-9)10-5-6-10/h9-11H,2-8H2,1H3,(H3,15,16,17,18,19). The maximum absolute atomic E-state index is 5.70. The Morgan fingerprint density at radius 2 is 1.90 bits per heavy atom. The average molecular weight is 277 g/mol. The van der Waals surface area contributed by atoms with E-state index in [1.807, 2.05) is 6.92 Å². The van der Waals surface area contributed by atoms with Gasteiger partial charge < -0.3 is 15.8 Å². The first kappa shape index (κ1) is 13.4.